The van der Waals surface area contributed by atoms with Crippen LogP contribution in [0, 0.1) is 25.6 Å². The lowest BCUT2D eigenvalue weighted by molar-refractivity contribution is 0.356. The lowest BCUT2D eigenvalue weighted by Crippen LogP contribution is -2.37. The molecule has 0 saturated heterocycles. The lowest BCUT2D eigenvalue weighted by Gasteiger charge is -2.25. The zero-order chi connectivity index (χ0) is 14.4. The van der Waals surface area contributed by atoms with Gasteiger partial charge >= 0.3 is 0 Å². The highest BCUT2D eigenvalue weighted by Crippen LogP contribution is 2.37. The molecule has 0 aromatic heterocycles. The number of hydrogen-bond acceptors (Lipinski definition) is 2. The number of sulfonamides is 1. The summed E-state index contributed by atoms with van der Waals surface area (Å²) in [7, 11) is -1.94. The second-order valence-corrected chi connectivity index (χ2v) is 7.40. The van der Waals surface area contributed by atoms with Crippen LogP contribution in [0.1, 0.15) is 30.9 Å². The van der Waals surface area contributed by atoms with E-state index in [1.807, 2.05) is 6.92 Å². The van der Waals surface area contributed by atoms with Crippen molar-refractivity contribution in [2.24, 2.45) is 5.92 Å². The number of hydrogen-bond donors (Lipinski definition) is 0. The quantitative estimate of drug-likeness (QED) is 0.853. The van der Waals surface area contributed by atoms with Crippen LogP contribution in [0.2, 0.25) is 0 Å². The molecule has 1 atom stereocenters. The third kappa shape index (κ3) is 2.67. The highest BCUT2D eigenvalue weighted by Gasteiger charge is 2.37. The second-order valence-electron chi connectivity index (χ2n) is 5.47. The summed E-state index contributed by atoms with van der Waals surface area (Å²) >= 11 is 0. The largest absolute Gasteiger partial charge is 0.243 e. The van der Waals surface area contributed by atoms with E-state index in [0.29, 0.717) is 17.0 Å². The van der Waals surface area contributed by atoms with Crippen LogP contribution in [0.4, 0.5) is 4.39 Å². The molecule has 1 aromatic rings. The van der Waals surface area contributed by atoms with E-state index in [-0.39, 0.29) is 10.9 Å². The number of rotatable bonds is 4. The fourth-order valence-electron chi connectivity index (χ4n) is 2.54. The van der Waals surface area contributed by atoms with Gasteiger partial charge in [-0.25, -0.2) is 12.8 Å². The summed E-state index contributed by atoms with van der Waals surface area (Å²) in [6.45, 7) is 5.21. The third-order valence-corrected chi connectivity index (χ3v) is 6.19. The first-order chi connectivity index (χ1) is 8.75. The molecule has 0 aliphatic heterocycles. The topological polar surface area (TPSA) is 37.4 Å². The molecule has 0 bridgehead atoms. The lowest BCUT2D eigenvalue weighted by atomic mass is 10.1. The van der Waals surface area contributed by atoms with Gasteiger partial charge in [0.2, 0.25) is 10.0 Å². The van der Waals surface area contributed by atoms with Crippen molar-refractivity contribution in [2.75, 3.05) is 7.05 Å². The Balaban J connectivity index is 2.44. The smallest absolute Gasteiger partial charge is 0.207 e. The number of aryl methyl sites for hydroxylation is 2. The summed E-state index contributed by atoms with van der Waals surface area (Å²) in [6, 6.07) is 2.54. The summed E-state index contributed by atoms with van der Waals surface area (Å²) in [6.07, 6.45) is 2.17. The third-order valence-electron chi connectivity index (χ3n) is 3.94. The molecule has 1 aliphatic rings. The molecule has 3 nitrogen and oxygen atoms in total. The number of benzene rings is 1. The van der Waals surface area contributed by atoms with Crippen LogP contribution >= 0.6 is 0 Å². The summed E-state index contributed by atoms with van der Waals surface area (Å²) in [5.74, 6) is 0.0627. The van der Waals surface area contributed by atoms with Crippen LogP contribution in [-0.2, 0) is 10.0 Å². The number of halogens is 1. The van der Waals surface area contributed by atoms with Gasteiger partial charge in [0.05, 0.1) is 4.90 Å². The highest BCUT2D eigenvalue weighted by molar-refractivity contribution is 7.89. The van der Waals surface area contributed by atoms with E-state index in [2.05, 4.69) is 0 Å². The van der Waals surface area contributed by atoms with Crippen molar-refractivity contribution in [3.05, 3.63) is 29.1 Å². The van der Waals surface area contributed by atoms with Crippen molar-refractivity contribution >= 4 is 10.0 Å². The summed E-state index contributed by atoms with van der Waals surface area (Å²) in [5.41, 5.74) is 0.930. The minimum atomic E-state index is -3.55. The Labute approximate surface area is 114 Å². The van der Waals surface area contributed by atoms with E-state index in [9.17, 15) is 12.8 Å². The van der Waals surface area contributed by atoms with Gasteiger partial charge in [0, 0.05) is 13.1 Å². The summed E-state index contributed by atoms with van der Waals surface area (Å²) < 4.78 is 40.0. The van der Waals surface area contributed by atoms with Gasteiger partial charge in [-0.15, -0.1) is 0 Å². The molecule has 1 unspecified atom stereocenters. The molecule has 5 heteroatoms. The monoisotopic (exact) mass is 285 g/mol. The van der Waals surface area contributed by atoms with Gasteiger partial charge in [-0.05, 0) is 62.8 Å². The van der Waals surface area contributed by atoms with Crippen LogP contribution in [-0.4, -0.2) is 25.8 Å². The van der Waals surface area contributed by atoms with Gasteiger partial charge in [-0.3, -0.25) is 0 Å². The van der Waals surface area contributed by atoms with Gasteiger partial charge in [-0.1, -0.05) is 0 Å². The first-order valence-corrected chi connectivity index (χ1v) is 7.94. The van der Waals surface area contributed by atoms with Gasteiger partial charge in [-0.2, -0.15) is 4.31 Å². The van der Waals surface area contributed by atoms with Crippen LogP contribution < -0.4 is 0 Å². The molecule has 19 heavy (non-hydrogen) atoms. The van der Waals surface area contributed by atoms with E-state index < -0.39 is 15.8 Å². The van der Waals surface area contributed by atoms with E-state index in [1.54, 1.807) is 20.9 Å². The predicted octanol–water partition coefficient (Wildman–Crippen LogP) is 2.86. The zero-order valence-electron chi connectivity index (χ0n) is 11.8. The van der Waals surface area contributed by atoms with Crippen molar-refractivity contribution in [1.29, 1.82) is 0 Å². The molecule has 0 amide bonds. The molecule has 0 N–H and O–H groups in total. The van der Waals surface area contributed by atoms with Gasteiger partial charge < -0.3 is 0 Å². The minimum absolute atomic E-state index is 0.00569. The van der Waals surface area contributed by atoms with Crippen molar-refractivity contribution in [3.8, 4) is 0 Å². The van der Waals surface area contributed by atoms with Gasteiger partial charge in [0.25, 0.3) is 0 Å². The molecule has 0 heterocycles. The molecule has 1 aromatic carbocycles. The fraction of sp³-hybridized carbons (Fsp3) is 0.571. The Morgan fingerprint density at radius 3 is 2.16 bits per heavy atom. The number of nitrogens with zero attached hydrogens (tertiary/aromatic N) is 1. The molecule has 0 spiro atoms. The molecule has 0 radical (unpaired) electrons. The van der Waals surface area contributed by atoms with Gasteiger partial charge in [0.15, 0.2) is 0 Å². The van der Waals surface area contributed by atoms with Crippen LogP contribution in [0.25, 0.3) is 0 Å². The first kappa shape index (κ1) is 14.5. The molecular formula is C14H20FNO2S. The van der Waals surface area contributed by atoms with Gasteiger partial charge in [0.1, 0.15) is 5.82 Å². The maximum absolute atomic E-state index is 13.3. The minimum Gasteiger partial charge on any atom is -0.207 e. The van der Waals surface area contributed by atoms with Crippen LogP contribution in [0.5, 0.6) is 0 Å². The van der Waals surface area contributed by atoms with E-state index >= 15 is 0 Å². The Hall–Kier alpha value is -0.940. The molecule has 2 rings (SSSR count). The molecule has 106 valence electrons. The second kappa shape index (κ2) is 4.87. The van der Waals surface area contributed by atoms with Crippen LogP contribution in [0.15, 0.2) is 17.0 Å². The Kier molecular flexibility index (Phi) is 3.71. The van der Waals surface area contributed by atoms with E-state index in [1.165, 1.54) is 16.4 Å². The summed E-state index contributed by atoms with van der Waals surface area (Å²) in [5, 5.41) is 0. The van der Waals surface area contributed by atoms with E-state index in [0.717, 1.165) is 12.8 Å². The van der Waals surface area contributed by atoms with Crippen LogP contribution in [0.3, 0.4) is 0 Å². The van der Waals surface area contributed by atoms with Crippen molar-refractivity contribution in [1.82, 2.24) is 4.31 Å². The van der Waals surface area contributed by atoms with Crippen molar-refractivity contribution < 1.29 is 12.8 Å². The summed E-state index contributed by atoms with van der Waals surface area (Å²) in [4.78, 5) is 0.240. The maximum atomic E-state index is 13.3. The molecular weight excluding hydrogens is 265 g/mol. The molecule has 1 aliphatic carbocycles. The molecule has 1 fully saturated rings. The zero-order valence-corrected chi connectivity index (χ0v) is 12.6. The van der Waals surface area contributed by atoms with Crippen molar-refractivity contribution in [3.63, 3.8) is 0 Å². The standard InChI is InChI=1S/C14H20FNO2S/c1-9-7-13(15)8-10(2)14(9)19(17,18)16(4)11(3)12-5-6-12/h7-8,11-12H,5-6H2,1-4H3. The fourth-order valence-corrected chi connectivity index (χ4v) is 4.37. The Bertz CT molecular complexity index is 570. The van der Waals surface area contributed by atoms with Crippen molar-refractivity contribution in [2.45, 2.75) is 44.6 Å². The average molecular weight is 285 g/mol. The van der Waals surface area contributed by atoms with E-state index in [4.69, 9.17) is 0 Å². The SMILES string of the molecule is Cc1cc(F)cc(C)c1S(=O)(=O)N(C)C(C)C1CC1. The molecule has 1 saturated carbocycles. The Morgan fingerprint density at radius 2 is 1.74 bits per heavy atom. The normalized spacial score (nSPS) is 17.8. The Morgan fingerprint density at radius 1 is 1.26 bits per heavy atom. The first-order valence-electron chi connectivity index (χ1n) is 6.50. The predicted molar refractivity (Wildman–Crippen MR) is 73.0 cm³/mol. The maximum Gasteiger partial charge on any atom is 0.243 e. The highest BCUT2D eigenvalue weighted by atomic mass is 32.2. The average Bonchev–Trinajstić information content (AvgIpc) is 3.08.